The van der Waals surface area contributed by atoms with Gasteiger partial charge in [-0.2, -0.15) is 0 Å². The van der Waals surface area contributed by atoms with E-state index in [2.05, 4.69) is 4.98 Å². The minimum absolute atomic E-state index is 0.187. The topological polar surface area (TPSA) is 45.7 Å². The molecule has 0 N–H and O–H groups in total. The van der Waals surface area contributed by atoms with Gasteiger partial charge >= 0.3 is 0 Å². The van der Waals surface area contributed by atoms with Crippen molar-refractivity contribution in [1.29, 1.82) is 0 Å². The molecule has 0 aliphatic carbocycles. The number of carbonyl (C=O) groups excluding carboxylic acids is 1. The first-order valence-electron chi connectivity index (χ1n) is 8.26. The SMILES string of the molecule is Cc1cc(N(C)C)cc([C@H]2CN(C(=O)c3cccc(F)c3)CCO2)n1. The number of halogens is 1. The van der Waals surface area contributed by atoms with Crippen LogP contribution in [0.5, 0.6) is 0 Å². The van der Waals surface area contributed by atoms with Crippen molar-refractivity contribution in [1.82, 2.24) is 9.88 Å². The second-order valence-electron chi connectivity index (χ2n) is 6.41. The van der Waals surface area contributed by atoms with Crippen LogP contribution in [0.4, 0.5) is 10.1 Å². The number of carbonyl (C=O) groups is 1. The van der Waals surface area contributed by atoms with Crippen molar-refractivity contribution in [3.8, 4) is 0 Å². The zero-order valence-electron chi connectivity index (χ0n) is 14.7. The van der Waals surface area contributed by atoms with Crippen LogP contribution in [0.1, 0.15) is 27.8 Å². The summed E-state index contributed by atoms with van der Waals surface area (Å²) in [5.41, 5.74) is 3.10. The summed E-state index contributed by atoms with van der Waals surface area (Å²) in [6, 6.07) is 9.76. The van der Waals surface area contributed by atoms with Gasteiger partial charge in [0.25, 0.3) is 5.91 Å². The van der Waals surface area contributed by atoms with Gasteiger partial charge in [0.15, 0.2) is 0 Å². The molecule has 2 heterocycles. The molecule has 1 atom stereocenters. The van der Waals surface area contributed by atoms with E-state index >= 15 is 0 Å². The summed E-state index contributed by atoms with van der Waals surface area (Å²) >= 11 is 0. The van der Waals surface area contributed by atoms with E-state index in [1.807, 2.05) is 38.1 Å². The van der Waals surface area contributed by atoms with Crippen molar-refractivity contribution in [3.63, 3.8) is 0 Å². The van der Waals surface area contributed by atoms with Crippen LogP contribution < -0.4 is 4.90 Å². The number of benzene rings is 1. The molecule has 0 saturated carbocycles. The average molecular weight is 343 g/mol. The number of amides is 1. The lowest BCUT2D eigenvalue weighted by molar-refractivity contribution is -0.0247. The van der Waals surface area contributed by atoms with Crippen molar-refractivity contribution in [2.75, 3.05) is 38.7 Å². The fourth-order valence-corrected chi connectivity index (χ4v) is 2.92. The molecule has 0 spiro atoms. The summed E-state index contributed by atoms with van der Waals surface area (Å²) < 4.78 is 19.2. The van der Waals surface area contributed by atoms with Crippen molar-refractivity contribution < 1.29 is 13.9 Å². The smallest absolute Gasteiger partial charge is 0.254 e. The molecule has 132 valence electrons. The van der Waals surface area contributed by atoms with Crippen LogP contribution in [-0.4, -0.2) is 49.6 Å². The van der Waals surface area contributed by atoms with Crippen LogP contribution >= 0.6 is 0 Å². The van der Waals surface area contributed by atoms with Crippen molar-refractivity contribution in [3.05, 3.63) is 59.2 Å². The van der Waals surface area contributed by atoms with E-state index in [1.54, 1.807) is 17.0 Å². The van der Waals surface area contributed by atoms with Gasteiger partial charge in [0, 0.05) is 37.6 Å². The standard InChI is InChI=1S/C19H22FN3O2/c1-13-9-16(22(2)3)11-17(21-13)18-12-23(7-8-25-18)19(24)14-5-4-6-15(20)10-14/h4-6,9-11,18H,7-8,12H2,1-3H3/t18-/m1/s1. The molecule has 5 nitrogen and oxygen atoms in total. The summed E-state index contributed by atoms with van der Waals surface area (Å²) in [5.74, 6) is -0.597. The number of rotatable bonds is 3. The Hall–Kier alpha value is -2.47. The molecule has 2 aromatic rings. The zero-order valence-corrected chi connectivity index (χ0v) is 14.7. The number of nitrogens with zero attached hydrogens (tertiary/aromatic N) is 3. The van der Waals surface area contributed by atoms with E-state index in [0.717, 1.165) is 17.1 Å². The van der Waals surface area contributed by atoms with Crippen LogP contribution in [0.15, 0.2) is 36.4 Å². The maximum atomic E-state index is 13.4. The largest absolute Gasteiger partial charge is 0.378 e. The lowest BCUT2D eigenvalue weighted by Gasteiger charge is -2.33. The summed E-state index contributed by atoms with van der Waals surface area (Å²) in [4.78, 5) is 20.9. The predicted octanol–water partition coefficient (Wildman–Crippen LogP) is 2.81. The van der Waals surface area contributed by atoms with E-state index in [0.29, 0.717) is 25.3 Å². The molecule has 0 unspecified atom stereocenters. The molecule has 0 bridgehead atoms. The number of aryl methyl sites for hydroxylation is 1. The number of anilines is 1. The van der Waals surface area contributed by atoms with Gasteiger partial charge in [-0.05, 0) is 37.3 Å². The molecule has 6 heteroatoms. The molecular weight excluding hydrogens is 321 g/mol. The Morgan fingerprint density at radius 1 is 1.32 bits per heavy atom. The van der Waals surface area contributed by atoms with Gasteiger partial charge in [-0.15, -0.1) is 0 Å². The second-order valence-corrected chi connectivity index (χ2v) is 6.41. The predicted molar refractivity (Wildman–Crippen MR) is 94.3 cm³/mol. The Morgan fingerprint density at radius 2 is 2.12 bits per heavy atom. The van der Waals surface area contributed by atoms with E-state index in [1.165, 1.54) is 12.1 Å². The lowest BCUT2D eigenvalue weighted by atomic mass is 10.1. The summed E-state index contributed by atoms with van der Waals surface area (Å²) in [7, 11) is 3.94. The molecule has 3 rings (SSSR count). The minimum Gasteiger partial charge on any atom is -0.378 e. The van der Waals surface area contributed by atoms with Crippen molar-refractivity contribution >= 4 is 11.6 Å². The number of hydrogen-bond donors (Lipinski definition) is 0. The normalized spacial score (nSPS) is 17.4. The van der Waals surface area contributed by atoms with Crippen molar-refractivity contribution in [2.24, 2.45) is 0 Å². The number of ether oxygens (including phenoxy) is 1. The maximum Gasteiger partial charge on any atom is 0.254 e. The molecule has 1 aliphatic heterocycles. The van der Waals surface area contributed by atoms with E-state index in [9.17, 15) is 9.18 Å². The van der Waals surface area contributed by atoms with Gasteiger partial charge in [-0.3, -0.25) is 9.78 Å². The number of morpholine rings is 1. The van der Waals surface area contributed by atoms with E-state index < -0.39 is 5.82 Å². The number of aromatic nitrogens is 1. The molecule has 1 saturated heterocycles. The molecule has 1 amide bonds. The van der Waals surface area contributed by atoms with Crippen LogP contribution in [-0.2, 0) is 4.74 Å². The Kier molecular flexibility index (Phi) is 4.99. The Labute approximate surface area is 147 Å². The Morgan fingerprint density at radius 3 is 2.84 bits per heavy atom. The van der Waals surface area contributed by atoms with Crippen LogP contribution in [0.3, 0.4) is 0 Å². The third-order valence-electron chi connectivity index (χ3n) is 4.23. The quantitative estimate of drug-likeness (QED) is 0.860. The maximum absolute atomic E-state index is 13.4. The first-order valence-corrected chi connectivity index (χ1v) is 8.26. The highest BCUT2D eigenvalue weighted by atomic mass is 19.1. The van der Waals surface area contributed by atoms with Crippen LogP contribution in [0.2, 0.25) is 0 Å². The fourth-order valence-electron chi connectivity index (χ4n) is 2.92. The molecule has 1 aromatic carbocycles. The first kappa shape index (κ1) is 17.4. The van der Waals surface area contributed by atoms with Crippen LogP contribution in [0, 0.1) is 12.7 Å². The fraction of sp³-hybridized carbons (Fsp3) is 0.368. The summed E-state index contributed by atoms with van der Waals surface area (Å²) in [6.45, 7) is 3.25. The first-order chi connectivity index (χ1) is 11.9. The second kappa shape index (κ2) is 7.19. The molecule has 1 fully saturated rings. The summed E-state index contributed by atoms with van der Waals surface area (Å²) in [6.07, 6.45) is -0.287. The average Bonchev–Trinajstić information content (AvgIpc) is 2.60. The summed E-state index contributed by atoms with van der Waals surface area (Å²) in [5, 5.41) is 0. The third kappa shape index (κ3) is 3.96. The van der Waals surface area contributed by atoms with Gasteiger partial charge < -0.3 is 14.5 Å². The minimum atomic E-state index is -0.411. The molecule has 1 aliphatic rings. The zero-order chi connectivity index (χ0) is 18.0. The molecule has 0 radical (unpaired) electrons. The van der Waals surface area contributed by atoms with E-state index in [4.69, 9.17) is 4.74 Å². The highest BCUT2D eigenvalue weighted by Gasteiger charge is 2.27. The Bertz CT molecular complexity index is 779. The van der Waals surface area contributed by atoms with Gasteiger partial charge in [0.05, 0.1) is 18.8 Å². The highest BCUT2D eigenvalue weighted by Crippen LogP contribution is 2.25. The third-order valence-corrected chi connectivity index (χ3v) is 4.23. The molecule has 25 heavy (non-hydrogen) atoms. The van der Waals surface area contributed by atoms with Gasteiger partial charge in [0.1, 0.15) is 11.9 Å². The van der Waals surface area contributed by atoms with E-state index in [-0.39, 0.29) is 12.0 Å². The Balaban J connectivity index is 1.80. The van der Waals surface area contributed by atoms with Crippen molar-refractivity contribution in [2.45, 2.75) is 13.0 Å². The number of hydrogen-bond acceptors (Lipinski definition) is 4. The van der Waals surface area contributed by atoms with Crippen LogP contribution in [0.25, 0.3) is 0 Å². The molecule has 1 aromatic heterocycles. The van der Waals surface area contributed by atoms with Gasteiger partial charge in [-0.25, -0.2) is 4.39 Å². The lowest BCUT2D eigenvalue weighted by Crippen LogP contribution is -2.42. The molecular formula is C19H22FN3O2. The van der Waals surface area contributed by atoms with Gasteiger partial charge in [-0.1, -0.05) is 6.07 Å². The number of pyridine rings is 1. The monoisotopic (exact) mass is 343 g/mol. The van der Waals surface area contributed by atoms with Gasteiger partial charge in [0.2, 0.25) is 0 Å². The highest BCUT2D eigenvalue weighted by molar-refractivity contribution is 5.94.